The highest BCUT2D eigenvalue weighted by atomic mass is 32.2. The summed E-state index contributed by atoms with van der Waals surface area (Å²) in [5.74, 6) is 1.25. The zero-order chi connectivity index (χ0) is 12.7. The molecule has 0 saturated carbocycles. The molecule has 17 heavy (non-hydrogen) atoms. The van der Waals surface area contributed by atoms with Crippen molar-refractivity contribution in [1.82, 2.24) is 4.98 Å². The van der Waals surface area contributed by atoms with Crippen molar-refractivity contribution >= 4 is 23.3 Å². The molecule has 1 rings (SSSR count). The van der Waals surface area contributed by atoms with E-state index < -0.39 is 4.92 Å². The molecule has 94 valence electrons. The van der Waals surface area contributed by atoms with E-state index in [1.165, 1.54) is 23.9 Å². The molecule has 0 radical (unpaired) electrons. The lowest BCUT2D eigenvalue weighted by Gasteiger charge is -2.05. The minimum absolute atomic E-state index is 0.0517. The predicted molar refractivity (Wildman–Crippen MR) is 67.7 cm³/mol. The number of hydrogen-bond donors (Lipinski definition) is 1. The maximum absolute atomic E-state index is 10.8. The molecule has 0 amide bonds. The Balaban J connectivity index is 2.83. The number of nitro groups is 1. The Morgan fingerprint density at radius 1 is 1.59 bits per heavy atom. The van der Waals surface area contributed by atoms with Gasteiger partial charge in [-0.2, -0.15) is 0 Å². The molecular weight excluding hydrogens is 242 g/mol. The van der Waals surface area contributed by atoms with Gasteiger partial charge in [-0.3, -0.25) is 10.1 Å². The first-order valence-electron chi connectivity index (χ1n) is 5.19. The van der Waals surface area contributed by atoms with Gasteiger partial charge in [-0.05, 0) is 6.92 Å². The second-order valence-corrected chi connectivity index (χ2v) is 4.29. The van der Waals surface area contributed by atoms with Crippen LogP contribution < -0.4 is 5.32 Å². The van der Waals surface area contributed by atoms with Crippen molar-refractivity contribution in [3.8, 4) is 0 Å². The highest BCUT2D eigenvalue weighted by Crippen LogP contribution is 2.24. The Kier molecular flexibility index (Phi) is 5.71. The molecule has 0 saturated heterocycles. The Morgan fingerprint density at radius 3 is 2.94 bits per heavy atom. The maximum Gasteiger partial charge on any atom is 0.275 e. The van der Waals surface area contributed by atoms with Crippen LogP contribution in [0.4, 0.5) is 11.5 Å². The Labute approximate surface area is 104 Å². The molecule has 0 aliphatic carbocycles. The van der Waals surface area contributed by atoms with E-state index in [4.69, 9.17) is 4.74 Å². The van der Waals surface area contributed by atoms with Crippen LogP contribution in [0.3, 0.4) is 0 Å². The first-order chi connectivity index (χ1) is 8.17. The molecule has 0 aliphatic heterocycles. The van der Waals surface area contributed by atoms with Crippen LogP contribution >= 0.6 is 11.8 Å². The molecular formula is C10H15N3O3S. The van der Waals surface area contributed by atoms with E-state index in [1.807, 2.05) is 6.92 Å². The Bertz CT molecular complexity index is 387. The van der Waals surface area contributed by atoms with Gasteiger partial charge in [-0.25, -0.2) is 4.98 Å². The first kappa shape index (κ1) is 13.7. The van der Waals surface area contributed by atoms with Crippen LogP contribution in [0.15, 0.2) is 17.2 Å². The molecule has 1 aromatic rings. The largest absolute Gasteiger partial charge is 0.384 e. The molecule has 1 N–H and O–H groups in total. The number of aromatic nitrogens is 1. The van der Waals surface area contributed by atoms with Crippen molar-refractivity contribution in [3.63, 3.8) is 0 Å². The fraction of sp³-hybridized carbons (Fsp3) is 0.500. The van der Waals surface area contributed by atoms with Gasteiger partial charge in [0.25, 0.3) is 5.69 Å². The van der Waals surface area contributed by atoms with Crippen LogP contribution in [0.5, 0.6) is 0 Å². The third-order valence-corrected chi connectivity index (χ3v) is 2.77. The topological polar surface area (TPSA) is 77.3 Å². The van der Waals surface area contributed by atoms with Gasteiger partial charge < -0.3 is 10.1 Å². The molecule has 0 bridgehead atoms. The minimum atomic E-state index is -0.414. The number of hydrogen-bond acceptors (Lipinski definition) is 6. The van der Waals surface area contributed by atoms with Crippen LogP contribution in [0.1, 0.15) is 6.92 Å². The van der Waals surface area contributed by atoms with Gasteiger partial charge in [0.2, 0.25) is 0 Å². The van der Waals surface area contributed by atoms with E-state index in [1.54, 1.807) is 7.11 Å². The van der Waals surface area contributed by atoms with Crippen molar-refractivity contribution in [2.75, 3.05) is 31.3 Å². The smallest absolute Gasteiger partial charge is 0.275 e. The van der Waals surface area contributed by atoms with E-state index >= 15 is 0 Å². The molecule has 1 aromatic heterocycles. The molecule has 0 unspecified atom stereocenters. The summed E-state index contributed by atoms with van der Waals surface area (Å²) < 4.78 is 4.92. The lowest BCUT2D eigenvalue weighted by molar-refractivity contribution is -0.385. The normalized spacial score (nSPS) is 10.2. The van der Waals surface area contributed by atoms with Crippen LogP contribution in [0.2, 0.25) is 0 Å². The van der Waals surface area contributed by atoms with Gasteiger partial charge in [0.1, 0.15) is 10.8 Å². The van der Waals surface area contributed by atoms with Crippen molar-refractivity contribution in [2.45, 2.75) is 11.9 Å². The summed E-state index contributed by atoms with van der Waals surface area (Å²) in [7, 11) is 1.62. The fourth-order valence-corrected chi connectivity index (χ4v) is 2.00. The number of methoxy groups -OCH3 is 1. The van der Waals surface area contributed by atoms with Crippen LogP contribution in [0, 0.1) is 10.1 Å². The van der Waals surface area contributed by atoms with E-state index in [0.717, 1.165) is 5.75 Å². The molecule has 0 atom stereocenters. The SMILES string of the molecule is CCNc1cc([N+](=O)[O-])cc(SCCOC)n1. The molecule has 0 fully saturated rings. The lowest BCUT2D eigenvalue weighted by atomic mass is 10.4. The van der Waals surface area contributed by atoms with E-state index in [9.17, 15) is 10.1 Å². The standard InChI is InChI=1S/C10H15N3O3S/c1-3-11-9-6-8(13(14)15)7-10(12-9)17-5-4-16-2/h6-7H,3-5H2,1-2H3,(H,11,12). The molecule has 0 aromatic carbocycles. The van der Waals surface area contributed by atoms with Crippen LogP contribution in [-0.4, -0.2) is 35.9 Å². The number of nitrogens with one attached hydrogen (secondary N) is 1. The van der Waals surface area contributed by atoms with Crippen molar-refractivity contribution in [2.24, 2.45) is 0 Å². The number of rotatable bonds is 7. The second-order valence-electron chi connectivity index (χ2n) is 3.18. The third-order valence-electron chi connectivity index (χ3n) is 1.89. The number of thioether (sulfide) groups is 1. The van der Waals surface area contributed by atoms with Crippen molar-refractivity contribution in [3.05, 3.63) is 22.2 Å². The van der Waals surface area contributed by atoms with Gasteiger partial charge in [-0.1, -0.05) is 0 Å². The third kappa shape index (κ3) is 4.58. The highest BCUT2D eigenvalue weighted by Gasteiger charge is 2.11. The average Bonchev–Trinajstić information content (AvgIpc) is 2.29. The summed E-state index contributed by atoms with van der Waals surface area (Å²) >= 11 is 1.44. The quantitative estimate of drug-likeness (QED) is 0.349. The second kappa shape index (κ2) is 7.08. The summed E-state index contributed by atoms with van der Waals surface area (Å²) in [6.07, 6.45) is 0. The van der Waals surface area contributed by atoms with E-state index in [2.05, 4.69) is 10.3 Å². The molecule has 0 aliphatic rings. The predicted octanol–water partition coefficient (Wildman–Crippen LogP) is 2.16. The number of pyridine rings is 1. The fourth-order valence-electron chi connectivity index (χ4n) is 1.17. The summed E-state index contributed by atoms with van der Waals surface area (Å²) in [6.45, 7) is 3.18. The maximum atomic E-state index is 10.8. The zero-order valence-corrected chi connectivity index (χ0v) is 10.6. The molecule has 0 spiro atoms. The van der Waals surface area contributed by atoms with Gasteiger partial charge in [0, 0.05) is 25.5 Å². The monoisotopic (exact) mass is 257 g/mol. The summed E-state index contributed by atoms with van der Waals surface area (Å²) in [5, 5.41) is 14.4. The average molecular weight is 257 g/mol. The number of anilines is 1. The Hall–Kier alpha value is -1.34. The van der Waals surface area contributed by atoms with Crippen molar-refractivity contribution in [1.29, 1.82) is 0 Å². The molecule has 6 nitrogen and oxygen atoms in total. The molecule has 7 heteroatoms. The minimum Gasteiger partial charge on any atom is -0.384 e. The van der Waals surface area contributed by atoms with E-state index in [0.29, 0.717) is 24.0 Å². The lowest BCUT2D eigenvalue weighted by Crippen LogP contribution is -2.02. The number of nitrogens with zero attached hydrogens (tertiary/aromatic N) is 2. The summed E-state index contributed by atoms with van der Waals surface area (Å²) in [5.41, 5.74) is 0.0517. The Morgan fingerprint density at radius 2 is 2.35 bits per heavy atom. The van der Waals surface area contributed by atoms with Gasteiger partial charge in [-0.15, -0.1) is 11.8 Å². The van der Waals surface area contributed by atoms with Crippen LogP contribution in [0.25, 0.3) is 0 Å². The summed E-state index contributed by atoms with van der Waals surface area (Å²) in [6, 6.07) is 2.91. The highest BCUT2D eigenvalue weighted by molar-refractivity contribution is 7.99. The van der Waals surface area contributed by atoms with Crippen molar-refractivity contribution < 1.29 is 9.66 Å². The van der Waals surface area contributed by atoms with Gasteiger partial charge in [0.05, 0.1) is 17.6 Å². The summed E-state index contributed by atoms with van der Waals surface area (Å²) in [4.78, 5) is 14.6. The molecule has 1 heterocycles. The van der Waals surface area contributed by atoms with Gasteiger partial charge in [0.15, 0.2) is 0 Å². The first-order valence-corrected chi connectivity index (χ1v) is 6.18. The van der Waals surface area contributed by atoms with Crippen LogP contribution in [-0.2, 0) is 4.74 Å². The number of ether oxygens (including phenoxy) is 1. The zero-order valence-electron chi connectivity index (χ0n) is 9.80. The van der Waals surface area contributed by atoms with E-state index in [-0.39, 0.29) is 5.69 Å². The van der Waals surface area contributed by atoms with Gasteiger partial charge >= 0.3 is 0 Å².